The maximum Gasteiger partial charge on any atom is 0.122 e. The number of alkyl halides is 1. The number of aromatic nitrogens is 3. The van der Waals surface area contributed by atoms with Crippen LogP contribution in [0.1, 0.15) is 16.8 Å². The number of halogens is 1. The van der Waals surface area contributed by atoms with E-state index >= 15 is 0 Å². The van der Waals surface area contributed by atoms with Gasteiger partial charge in [-0.1, -0.05) is 33.3 Å². The third-order valence-electron chi connectivity index (χ3n) is 3.32. The third-order valence-corrected chi connectivity index (χ3v) is 3.72. The molecule has 0 saturated carbocycles. The Morgan fingerprint density at radius 1 is 1.32 bits per heavy atom. The molecule has 2 heterocycles. The lowest BCUT2D eigenvalue weighted by Crippen LogP contribution is -2.02. The molecule has 0 saturated heterocycles. The van der Waals surface area contributed by atoms with Crippen molar-refractivity contribution in [2.24, 2.45) is 0 Å². The SMILES string of the molecule is BrCCc1cn(CCc2ccc3c(c2)CCO3)nn1. The highest BCUT2D eigenvalue weighted by Crippen LogP contribution is 2.26. The van der Waals surface area contributed by atoms with Gasteiger partial charge in [0.05, 0.1) is 12.3 Å². The zero-order valence-electron chi connectivity index (χ0n) is 10.7. The van der Waals surface area contributed by atoms with Crippen LogP contribution in [-0.4, -0.2) is 26.9 Å². The van der Waals surface area contributed by atoms with E-state index in [0.717, 1.165) is 49.2 Å². The van der Waals surface area contributed by atoms with Gasteiger partial charge in [0.1, 0.15) is 5.75 Å². The smallest absolute Gasteiger partial charge is 0.122 e. The van der Waals surface area contributed by atoms with Crippen molar-refractivity contribution in [3.63, 3.8) is 0 Å². The van der Waals surface area contributed by atoms with Crippen LogP contribution in [0.3, 0.4) is 0 Å². The lowest BCUT2D eigenvalue weighted by Gasteiger charge is -2.04. The molecule has 0 amide bonds. The quantitative estimate of drug-likeness (QED) is 0.794. The van der Waals surface area contributed by atoms with Gasteiger partial charge in [-0.2, -0.15) is 0 Å². The van der Waals surface area contributed by atoms with E-state index in [2.05, 4.69) is 44.4 Å². The number of aryl methyl sites for hydroxylation is 3. The van der Waals surface area contributed by atoms with Crippen molar-refractivity contribution < 1.29 is 4.74 Å². The molecular weight excluding hydrogens is 306 g/mol. The molecule has 0 unspecified atom stereocenters. The first-order chi connectivity index (χ1) is 9.35. The molecule has 3 rings (SSSR count). The van der Waals surface area contributed by atoms with E-state index in [9.17, 15) is 0 Å². The number of fused-ring (bicyclic) bond motifs is 1. The van der Waals surface area contributed by atoms with Gasteiger partial charge in [-0.3, -0.25) is 4.68 Å². The summed E-state index contributed by atoms with van der Waals surface area (Å²) >= 11 is 3.41. The number of hydrogen-bond acceptors (Lipinski definition) is 3. The molecule has 0 fully saturated rings. The van der Waals surface area contributed by atoms with E-state index in [4.69, 9.17) is 4.74 Å². The summed E-state index contributed by atoms with van der Waals surface area (Å²) in [4.78, 5) is 0. The van der Waals surface area contributed by atoms with Crippen LogP contribution in [0.4, 0.5) is 0 Å². The van der Waals surface area contributed by atoms with E-state index in [1.807, 2.05) is 10.9 Å². The molecule has 100 valence electrons. The fourth-order valence-corrected chi connectivity index (χ4v) is 2.70. The Morgan fingerprint density at radius 3 is 3.16 bits per heavy atom. The van der Waals surface area contributed by atoms with Crippen LogP contribution in [0.25, 0.3) is 0 Å². The van der Waals surface area contributed by atoms with Crippen molar-refractivity contribution in [2.75, 3.05) is 11.9 Å². The van der Waals surface area contributed by atoms with Crippen molar-refractivity contribution in [1.82, 2.24) is 15.0 Å². The van der Waals surface area contributed by atoms with Gasteiger partial charge >= 0.3 is 0 Å². The van der Waals surface area contributed by atoms with Crippen molar-refractivity contribution in [3.05, 3.63) is 41.2 Å². The van der Waals surface area contributed by atoms with E-state index in [1.54, 1.807) is 0 Å². The van der Waals surface area contributed by atoms with Crippen LogP contribution in [0.5, 0.6) is 5.75 Å². The highest BCUT2D eigenvalue weighted by molar-refractivity contribution is 9.09. The molecule has 0 bridgehead atoms. The Labute approximate surface area is 120 Å². The summed E-state index contributed by atoms with van der Waals surface area (Å²) in [7, 11) is 0. The van der Waals surface area contributed by atoms with Crippen LogP contribution in [0.2, 0.25) is 0 Å². The number of hydrogen-bond donors (Lipinski definition) is 0. The summed E-state index contributed by atoms with van der Waals surface area (Å²) in [5, 5.41) is 9.21. The highest BCUT2D eigenvalue weighted by Gasteiger charge is 2.11. The maximum atomic E-state index is 5.51. The first-order valence-corrected chi connectivity index (χ1v) is 7.67. The van der Waals surface area contributed by atoms with Gasteiger partial charge in [0.25, 0.3) is 0 Å². The summed E-state index contributed by atoms with van der Waals surface area (Å²) in [6.07, 6.45) is 4.96. The molecule has 0 spiro atoms. The second kappa shape index (κ2) is 5.74. The Morgan fingerprint density at radius 2 is 2.26 bits per heavy atom. The number of nitrogens with zero attached hydrogens (tertiary/aromatic N) is 3. The second-order valence-corrected chi connectivity index (χ2v) is 5.50. The Hall–Kier alpha value is -1.36. The Bertz CT molecular complexity index is 568. The van der Waals surface area contributed by atoms with Gasteiger partial charge in [0, 0.05) is 30.9 Å². The monoisotopic (exact) mass is 321 g/mol. The largest absolute Gasteiger partial charge is 0.493 e. The van der Waals surface area contributed by atoms with Crippen LogP contribution >= 0.6 is 15.9 Å². The first-order valence-electron chi connectivity index (χ1n) is 6.55. The lowest BCUT2D eigenvalue weighted by molar-refractivity contribution is 0.357. The van der Waals surface area contributed by atoms with Gasteiger partial charge in [0.2, 0.25) is 0 Å². The topological polar surface area (TPSA) is 39.9 Å². The fourth-order valence-electron chi connectivity index (χ4n) is 2.30. The second-order valence-electron chi connectivity index (χ2n) is 4.70. The normalized spacial score (nSPS) is 13.3. The van der Waals surface area contributed by atoms with Gasteiger partial charge in [-0.15, -0.1) is 5.10 Å². The lowest BCUT2D eigenvalue weighted by atomic mass is 10.1. The fraction of sp³-hybridized carbons (Fsp3) is 0.429. The first kappa shape index (κ1) is 12.7. The minimum absolute atomic E-state index is 0.817. The van der Waals surface area contributed by atoms with E-state index in [1.165, 1.54) is 11.1 Å². The summed E-state index contributed by atoms with van der Waals surface area (Å²) in [6.45, 7) is 1.69. The summed E-state index contributed by atoms with van der Waals surface area (Å²) < 4.78 is 7.43. The molecule has 1 aliphatic rings. The van der Waals surface area contributed by atoms with Gasteiger partial charge in [-0.25, -0.2) is 0 Å². The molecule has 1 aliphatic heterocycles. The van der Waals surface area contributed by atoms with Crippen LogP contribution < -0.4 is 4.74 Å². The van der Waals surface area contributed by atoms with Gasteiger partial charge in [0.15, 0.2) is 0 Å². The van der Waals surface area contributed by atoms with Crippen molar-refractivity contribution >= 4 is 15.9 Å². The predicted octanol–water partition coefficient (Wildman–Crippen LogP) is 2.39. The standard InChI is InChI=1S/C14H16BrN3O/c15-6-3-13-10-18(17-16-13)7-4-11-1-2-14-12(9-11)5-8-19-14/h1-2,9-10H,3-8H2. The molecule has 19 heavy (non-hydrogen) atoms. The maximum absolute atomic E-state index is 5.51. The molecule has 4 nitrogen and oxygen atoms in total. The average Bonchev–Trinajstić information content (AvgIpc) is 3.04. The molecule has 5 heteroatoms. The van der Waals surface area contributed by atoms with Crippen molar-refractivity contribution in [3.8, 4) is 5.75 Å². The molecular formula is C14H16BrN3O. The van der Waals surface area contributed by atoms with Crippen LogP contribution in [-0.2, 0) is 25.8 Å². The zero-order valence-corrected chi connectivity index (χ0v) is 12.3. The molecule has 0 radical (unpaired) electrons. The molecule has 0 N–H and O–H groups in total. The summed E-state index contributed by atoms with van der Waals surface area (Å²) in [6, 6.07) is 6.47. The predicted molar refractivity (Wildman–Crippen MR) is 76.9 cm³/mol. The zero-order chi connectivity index (χ0) is 13.1. The Kier molecular flexibility index (Phi) is 3.82. The van der Waals surface area contributed by atoms with E-state index < -0.39 is 0 Å². The van der Waals surface area contributed by atoms with Gasteiger partial charge < -0.3 is 4.74 Å². The summed E-state index contributed by atoms with van der Waals surface area (Å²) in [5.41, 5.74) is 3.71. The number of rotatable bonds is 5. The van der Waals surface area contributed by atoms with Crippen LogP contribution in [0, 0.1) is 0 Å². The third kappa shape index (κ3) is 2.97. The van der Waals surface area contributed by atoms with Crippen molar-refractivity contribution in [2.45, 2.75) is 25.8 Å². The highest BCUT2D eigenvalue weighted by atomic mass is 79.9. The summed E-state index contributed by atoms with van der Waals surface area (Å²) in [5.74, 6) is 1.05. The van der Waals surface area contributed by atoms with Crippen molar-refractivity contribution in [1.29, 1.82) is 0 Å². The van der Waals surface area contributed by atoms with Crippen LogP contribution in [0.15, 0.2) is 24.4 Å². The molecule has 2 aromatic rings. The van der Waals surface area contributed by atoms with E-state index in [-0.39, 0.29) is 0 Å². The molecule has 1 aromatic carbocycles. The molecule has 0 aliphatic carbocycles. The van der Waals surface area contributed by atoms with E-state index in [0.29, 0.717) is 0 Å². The number of ether oxygens (including phenoxy) is 1. The van der Waals surface area contributed by atoms with Gasteiger partial charge in [-0.05, 0) is 23.6 Å². The minimum atomic E-state index is 0.817. The molecule has 0 atom stereocenters. The number of benzene rings is 1. The Balaban J connectivity index is 1.62. The average molecular weight is 322 g/mol. The minimum Gasteiger partial charge on any atom is -0.493 e. The molecule has 1 aromatic heterocycles.